The van der Waals surface area contributed by atoms with Crippen molar-refractivity contribution in [2.45, 2.75) is 52.9 Å². The van der Waals surface area contributed by atoms with Crippen LogP contribution in [0.4, 0.5) is 5.95 Å². The van der Waals surface area contributed by atoms with Crippen LogP contribution in [-0.2, 0) is 5.41 Å². The van der Waals surface area contributed by atoms with Gasteiger partial charge in [-0.3, -0.25) is 0 Å². The van der Waals surface area contributed by atoms with Crippen molar-refractivity contribution in [2.24, 2.45) is 0 Å². The maximum Gasteiger partial charge on any atom is 0.222 e. The van der Waals surface area contributed by atoms with Crippen molar-refractivity contribution < 1.29 is 0 Å². The van der Waals surface area contributed by atoms with Crippen LogP contribution in [0.1, 0.15) is 53.2 Å². The van der Waals surface area contributed by atoms with Crippen LogP contribution in [0.2, 0.25) is 0 Å². The average molecular weight is 278 g/mol. The molecule has 0 fully saturated rings. The Kier molecular flexibility index (Phi) is 6.93. The molecule has 20 heavy (non-hydrogen) atoms. The highest BCUT2D eigenvalue weighted by atomic mass is 15.1. The quantitative estimate of drug-likeness (QED) is 0.741. The minimum atomic E-state index is 0.0716. The van der Waals surface area contributed by atoms with Gasteiger partial charge in [0.15, 0.2) is 0 Å². The second-order valence-corrected chi connectivity index (χ2v) is 6.18. The van der Waals surface area contributed by atoms with Crippen LogP contribution in [0.5, 0.6) is 0 Å². The molecule has 1 aromatic heterocycles. The summed E-state index contributed by atoms with van der Waals surface area (Å²) in [6.07, 6.45) is 4.21. The molecule has 0 saturated heterocycles. The number of hydrogen-bond acceptors (Lipinski definition) is 4. The maximum absolute atomic E-state index is 4.58. The number of rotatable bonds is 8. The molecule has 0 radical (unpaired) electrons. The van der Waals surface area contributed by atoms with Crippen LogP contribution in [0.15, 0.2) is 12.3 Å². The lowest BCUT2D eigenvalue weighted by Crippen LogP contribution is -2.24. The molecule has 0 saturated carbocycles. The molecule has 0 spiro atoms. The van der Waals surface area contributed by atoms with Crippen LogP contribution >= 0.6 is 0 Å². The van der Waals surface area contributed by atoms with Crippen molar-refractivity contribution >= 4 is 5.95 Å². The fourth-order valence-corrected chi connectivity index (χ4v) is 2.06. The third kappa shape index (κ3) is 5.87. The summed E-state index contributed by atoms with van der Waals surface area (Å²) in [6.45, 7) is 15.3. The van der Waals surface area contributed by atoms with E-state index in [1.165, 1.54) is 13.0 Å². The minimum absolute atomic E-state index is 0.0716. The molecule has 4 nitrogen and oxygen atoms in total. The Bertz CT molecular complexity index is 380. The molecule has 1 heterocycles. The number of nitrogens with one attached hydrogen (secondary N) is 1. The zero-order valence-electron chi connectivity index (χ0n) is 13.7. The summed E-state index contributed by atoms with van der Waals surface area (Å²) in [5.41, 5.74) is 1.15. The summed E-state index contributed by atoms with van der Waals surface area (Å²) in [5.74, 6) is 0.750. The predicted octanol–water partition coefficient (Wildman–Crippen LogP) is 3.31. The molecule has 0 aliphatic heterocycles. The van der Waals surface area contributed by atoms with Crippen LogP contribution in [0.3, 0.4) is 0 Å². The summed E-state index contributed by atoms with van der Waals surface area (Å²) in [4.78, 5) is 11.3. The van der Waals surface area contributed by atoms with Gasteiger partial charge in [0.1, 0.15) is 0 Å². The minimum Gasteiger partial charge on any atom is -0.354 e. The Labute approximate surface area is 124 Å². The molecule has 0 unspecified atom stereocenters. The fraction of sp³-hybridized carbons (Fsp3) is 0.750. The van der Waals surface area contributed by atoms with Gasteiger partial charge in [0.05, 0.1) is 5.69 Å². The van der Waals surface area contributed by atoms with Crippen LogP contribution in [0, 0.1) is 0 Å². The van der Waals surface area contributed by atoms with Gasteiger partial charge in [-0.1, -0.05) is 34.6 Å². The van der Waals surface area contributed by atoms with Gasteiger partial charge < -0.3 is 10.2 Å². The molecule has 4 heteroatoms. The van der Waals surface area contributed by atoms with Crippen LogP contribution in [-0.4, -0.2) is 41.0 Å². The second kappa shape index (κ2) is 8.20. The summed E-state index contributed by atoms with van der Waals surface area (Å²) in [6, 6.07) is 1.99. The summed E-state index contributed by atoms with van der Waals surface area (Å²) < 4.78 is 0. The lowest BCUT2D eigenvalue weighted by atomic mass is 9.92. The first-order chi connectivity index (χ1) is 9.47. The molecule has 1 aromatic rings. The van der Waals surface area contributed by atoms with Crippen molar-refractivity contribution in [3.63, 3.8) is 0 Å². The average Bonchev–Trinajstić information content (AvgIpc) is 2.42. The van der Waals surface area contributed by atoms with E-state index < -0.39 is 0 Å². The normalized spacial score (nSPS) is 11.9. The summed E-state index contributed by atoms with van der Waals surface area (Å²) in [5, 5.41) is 3.33. The van der Waals surface area contributed by atoms with E-state index in [0.717, 1.165) is 37.7 Å². The van der Waals surface area contributed by atoms with Gasteiger partial charge in [-0.25, -0.2) is 9.97 Å². The zero-order valence-corrected chi connectivity index (χ0v) is 13.7. The topological polar surface area (TPSA) is 41.0 Å². The number of aromatic nitrogens is 2. The Hall–Kier alpha value is -1.16. The third-order valence-electron chi connectivity index (χ3n) is 3.50. The SMILES string of the molecule is CCN(CC)CCCCNc1nccc(C(C)(C)C)n1. The van der Waals surface area contributed by atoms with Crippen LogP contribution < -0.4 is 5.32 Å². The monoisotopic (exact) mass is 278 g/mol. The fourth-order valence-electron chi connectivity index (χ4n) is 2.06. The van der Waals surface area contributed by atoms with Gasteiger partial charge >= 0.3 is 0 Å². The maximum atomic E-state index is 4.58. The van der Waals surface area contributed by atoms with E-state index in [2.05, 4.69) is 54.8 Å². The van der Waals surface area contributed by atoms with Gasteiger partial charge in [0, 0.05) is 18.2 Å². The first-order valence-electron chi connectivity index (χ1n) is 7.77. The summed E-state index contributed by atoms with van der Waals surface area (Å²) in [7, 11) is 0. The number of unbranched alkanes of at least 4 members (excludes halogenated alkanes) is 1. The molecule has 0 aliphatic rings. The summed E-state index contributed by atoms with van der Waals surface area (Å²) >= 11 is 0. The second-order valence-electron chi connectivity index (χ2n) is 6.18. The Balaban J connectivity index is 2.32. The molecule has 0 amide bonds. The molecule has 0 atom stereocenters. The zero-order chi connectivity index (χ0) is 15.0. The van der Waals surface area contributed by atoms with Gasteiger partial charge in [-0.15, -0.1) is 0 Å². The van der Waals surface area contributed by atoms with E-state index in [9.17, 15) is 0 Å². The molecular weight excluding hydrogens is 248 g/mol. The smallest absolute Gasteiger partial charge is 0.222 e. The van der Waals surface area contributed by atoms with Gasteiger partial charge in [0.25, 0.3) is 0 Å². The van der Waals surface area contributed by atoms with E-state index in [1.54, 1.807) is 0 Å². The van der Waals surface area contributed by atoms with E-state index >= 15 is 0 Å². The highest BCUT2D eigenvalue weighted by Crippen LogP contribution is 2.19. The molecule has 114 valence electrons. The van der Waals surface area contributed by atoms with E-state index in [0.29, 0.717) is 0 Å². The molecular formula is C16H30N4. The van der Waals surface area contributed by atoms with E-state index in [1.807, 2.05) is 12.3 Å². The highest BCUT2D eigenvalue weighted by Gasteiger charge is 2.15. The number of anilines is 1. The largest absolute Gasteiger partial charge is 0.354 e. The first kappa shape index (κ1) is 16.9. The van der Waals surface area contributed by atoms with Crippen LogP contribution in [0.25, 0.3) is 0 Å². The van der Waals surface area contributed by atoms with E-state index in [-0.39, 0.29) is 5.41 Å². The highest BCUT2D eigenvalue weighted by molar-refractivity contribution is 5.27. The molecule has 0 bridgehead atoms. The third-order valence-corrected chi connectivity index (χ3v) is 3.50. The first-order valence-corrected chi connectivity index (χ1v) is 7.77. The Morgan fingerprint density at radius 3 is 2.45 bits per heavy atom. The van der Waals surface area contributed by atoms with Gasteiger partial charge in [-0.2, -0.15) is 0 Å². The number of nitrogens with zero attached hydrogens (tertiary/aromatic N) is 3. The lowest BCUT2D eigenvalue weighted by molar-refractivity contribution is 0.298. The molecule has 1 rings (SSSR count). The van der Waals surface area contributed by atoms with Crippen molar-refractivity contribution in [1.29, 1.82) is 0 Å². The lowest BCUT2D eigenvalue weighted by Gasteiger charge is -2.18. The van der Waals surface area contributed by atoms with Crippen molar-refractivity contribution in [2.75, 3.05) is 31.5 Å². The Morgan fingerprint density at radius 1 is 1.15 bits per heavy atom. The number of hydrogen-bond donors (Lipinski definition) is 1. The standard InChI is InChI=1S/C16H30N4/c1-6-20(7-2)13-9-8-11-17-15-18-12-10-14(19-15)16(3,4)5/h10,12H,6-9,11,13H2,1-5H3,(H,17,18,19). The van der Waals surface area contributed by atoms with Crippen molar-refractivity contribution in [1.82, 2.24) is 14.9 Å². The van der Waals surface area contributed by atoms with E-state index in [4.69, 9.17) is 0 Å². The van der Waals surface area contributed by atoms with Gasteiger partial charge in [-0.05, 0) is 38.5 Å². The molecule has 0 aromatic carbocycles. The van der Waals surface area contributed by atoms with Gasteiger partial charge in [0.2, 0.25) is 5.95 Å². The van der Waals surface area contributed by atoms with Crippen molar-refractivity contribution in [3.05, 3.63) is 18.0 Å². The van der Waals surface area contributed by atoms with Crippen molar-refractivity contribution in [3.8, 4) is 0 Å². The predicted molar refractivity (Wildman–Crippen MR) is 86.2 cm³/mol. The molecule has 0 aliphatic carbocycles. The Morgan fingerprint density at radius 2 is 1.85 bits per heavy atom. The molecule has 1 N–H and O–H groups in total.